The number of nitrogens with zero attached hydrogens (tertiary/aromatic N) is 4. The van der Waals surface area contributed by atoms with Crippen LogP contribution in [0.4, 0.5) is 0 Å². The van der Waals surface area contributed by atoms with Gasteiger partial charge in [0, 0.05) is 19.4 Å². The molecule has 9 nitrogen and oxygen atoms in total. The lowest BCUT2D eigenvalue weighted by Gasteiger charge is -2.42. The SMILES string of the molecule is CCCCCC(=O)N1C[C@@H](n2cc(COC(=O)c3ccccc3)nn2)[C@H](O)C[C@H]1c1ccc(OC)cc1. The van der Waals surface area contributed by atoms with Crippen molar-refractivity contribution in [3.63, 3.8) is 0 Å². The van der Waals surface area contributed by atoms with Gasteiger partial charge in [0.15, 0.2) is 0 Å². The van der Waals surface area contributed by atoms with Gasteiger partial charge in [-0.3, -0.25) is 4.79 Å². The van der Waals surface area contributed by atoms with Crippen LogP contribution in [0.3, 0.4) is 0 Å². The number of carbonyl (C=O) groups excluding carboxylic acids is 2. The molecule has 1 aliphatic rings. The summed E-state index contributed by atoms with van der Waals surface area (Å²) in [6.07, 6.45) is 4.61. The Balaban J connectivity index is 1.48. The fourth-order valence-electron chi connectivity index (χ4n) is 4.65. The summed E-state index contributed by atoms with van der Waals surface area (Å²) in [6.45, 7) is 2.37. The van der Waals surface area contributed by atoms with E-state index in [1.54, 1.807) is 42.3 Å². The van der Waals surface area contributed by atoms with Crippen molar-refractivity contribution >= 4 is 11.9 Å². The van der Waals surface area contributed by atoms with Crippen LogP contribution >= 0.6 is 0 Å². The average Bonchev–Trinajstić information content (AvgIpc) is 3.41. The molecule has 0 radical (unpaired) electrons. The summed E-state index contributed by atoms with van der Waals surface area (Å²) in [5.41, 5.74) is 1.88. The highest BCUT2D eigenvalue weighted by atomic mass is 16.5. The smallest absolute Gasteiger partial charge is 0.338 e. The van der Waals surface area contributed by atoms with Crippen molar-refractivity contribution in [1.29, 1.82) is 0 Å². The summed E-state index contributed by atoms with van der Waals surface area (Å²) in [5, 5.41) is 19.4. The van der Waals surface area contributed by atoms with E-state index in [2.05, 4.69) is 17.2 Å². The van der Waals surface area contributed by atoms with Gasteiger partial charge < -0.3 is 19.5 Å². The summed E-state index contributed by atoms with van der Waals surface area (Å²) in [6, 6.07) is 15.6. The number of amides is 1. The summed E-state index contributed by atoms with van der Waals surface area (Å²) >= 11 is 0. The lowest BCUT2D eigenvalue weighted by molar-refractivity contribution is -0.139. The third kappa shape index (κ3) is 6.54. The first-order chi connectivity index (χ1) is 18.0. The number of aliphatic hydroxyl groups is 1. The first-order valence-electron chi connectivity index (χ1n) is 12.7. The second-order valence-electron chi connectivity index (χ2n) is 9.29. The summed E-state index contributed by atoms with van der Waals surface area (Å²) < 4.78 is 12.2. The molecule has 196 valence electrons. The van der Waals surface area contributed by atoms with Crippen molar-refractivity contribution in [1.82, 2.24) is 19.9 Å². The van der Waals surface area contributed by atoms with Gasteiger partial charge in [-0.15, -0.1) is 5.10 Å². The number of likely N-dealkylation sites (tertiary alicyclic amines) is 1. The Morgan fingerprint density at radius 3 is 2.54 bits per heavy atom. The number of rotatable bonds is 10. The predicted octanol–water partition coefficient (Wildman–Crippen LogP) is 4.10. The minimum atomic E-state index is -0.742. The quantitative estimate of drug-likeness (QED) is 0.326. The van der Waals surface area contributed by atoms with Gasteiger partial charge in [-0.25, -0.2) is 9.48 Å². The van der Waals surface area contributed by atoms with E-state index in [4.69, 9.17) is 9.47 Å². The zero-order chi connectivity index (χ0) is 26.2. The van der Waals surface area contributed by atoms with Crippen LogP contribution in [0, 0.1) is 0 Å². The molecule has 0 bridgehead atoms. The van der Waals surface area contributed by atoms with E-state index < -0.39 is 18.1 Å². The zero-order valence-corrected chi connectivity index (χ0v) is 21.3. The number of ether oxygens (including phenoxy) is 2. The maximum absolute atomic E-state index is 13.3. The Labute approximate surface area is 217 Å². The second kappa shape index (κ2) is 12.5. The van der Waals surface area contributed by atoms with E-state index >= 15 is 0 Å². The van der Waals surface area contributed by atoms with Gasteiger partial charge in [0.1, 0.15) is 18.1 Å². The van der Waals surface area contributed by atoms with Crippen LogP contribution in [0.25, 0.3) is 0 Å². The van der Waals surface area contributed by atoms with E-state index in [0.29, 0.717) is 30.6 Å². The second-order valence-corrected chi connectivity index (χ2v) is 9.29. The van der Waals surface area contributed by atoms with E-state index in [1.165, 1.54) is 0 Å². The minimum Gasteiger partial charge on any atom is -0.497 e. The lowest BCUT2D eigenvalue weighted by Crippen LogP contribution is -2.48. The number of benzene rings is 2. The van der Waals surface area contributed by atoms with Crippen molar-refractivity contribution in [2.75, 3.05) is 13.7 Å². The first kappa shape index (κ1) is 26.3. The highest BCUT2D eigenvalue weighted by Crippen LogP contribution is 2.36. The number of hydrogen-bond donors (Lipinski definition) is 1. The molecule has 0 saturated carbocycles. The van der Waals surface area contributed by atoms with Crippen LogP contribution in [0.1, 0.15) is 72.7 Å². The molecule has 1 fully saturated rings. The number of unbranched alkanes of at least 4 members (excludes halogenated alkanes) is 2. The molecule has 4 rings (SSSR count). The summed E-state index contributed by atoms with van der Waals surface area (Å²) in [5.74, 6) is 0.351. The van der Waals surface area contributed by atoms with Gasteiger partial charge in [0.2, 0.25) is 5.91 Å². The van der Waals surface area contributed by atoms with Crippen LogP contribution in [0.15, 0.2) is 60.8 Å². The molecule has 1 amide bonds. The maximum atomic E-state index is 13.3. The standard InChI is InChI=1S/C28H34N4O5/c1-3-4-6-11-27(34)31-18-25(26(33)16-24(31)20-12-14-23(36-2)15-13-20)32-17-22(29-30-32)19-37-28(35)21-9-7-5-8-10-21/h5,7-10,12-15,17,24-26,33H,3-4,6,11,16,18-19H2,1-2H3/t24-,25+,26+/m0/s1. The monoisotopic (exact) mass is 506 g/mol. The number of aliphatic hydroxyl groups excluding tert-OH is 1. The molecular formula is C28H34N4O5. The number of hydrogen-bond acceptors (Lipinski definition) is 7. The molecule has 37 heavy (non-hydrogen) atoms. The fourth-order valence-corrected chi connectivity index (χ4v) is 4.65. The third-order valence-corrected chi connectivity index (χ3v) is 6.74. The third-order valence-electron chi connectivity index (χ3n) is 6.74. The van der Waals surface area contributed by atoms with Crippen LogP contribution in [0.5, 0.6) is 5.75 Å². The summed E-state index contributed by atoms with van der Waals surface area (Å²) in [7, 11) is 1.61. The minimum absolute atomic E-state index is 0.0370. The normalized spacial score (nSPS) is 19.4. The van der Waals surface area contributed by atoms with Gasteiger partial charge >= 0.3 is 5.97 Å². The summed E-state index contributed by atoms with van der Waals surface area (Å²) in [4.78, 5) is 27.4. The van der Waals surface area contributed by atoms with Gasteiger partial charge in [0.05, 0.1) is 37.1 Å². The number of aromatic nitrogens is 3. The number of methoxy groups -OCH3 is 1. The van der Waals surface area contributed by atoms with Crippen molar-refractivity contribution in [3.05, 3.63) is 77.6 Å². The molecule has 0 unspecified atom stereocenters. The Hall–Kier alpha value is -3.72. The molecule has 1 aromatic heterocycles. The molecule has 3 atom stereocenters. The number of esters is 1. The Bertz CT molecular complexity index is 1160. The van der Waals surface area contributed by atoms with Crippen LogP contribution < -0.4 is 4.74 Å². The van der Waals surface area contributed by atoms with Crippen LogP contribution in [0.2, 0.25) is 0 Å². The Morgan fingerprint density at radius 2 is 1.84 bits per heavy atom. The number of piperidine rings is 1. The van der Waals surface area contributed by atoms with Gasteiger partial charge in [0.25, 0.3) is 0 Å². The Morgan fingerprint density at radius 1 is 1.08 bits per heavy atom. The van der Waals surface area contributed by atoms with Gasteiger partial charge in [-0.05, 0) is 36.2 Å². The molecule has 1 aliphatic heterocycles. The molecule has 3 aromatic rings. The van der Waals surface area contributed by atoms with Gasteiger partial charge in [-0.1, -0.05) is 55.3 Å². The molecule has 9 heteroatoms. The highest BCUT2D eigenvalue weighted by molar-refractivity contribution is 5.89. The number of carbonyl (C=O) groups is 2. The molecular weight excluding hydrogens is 472 g/mol. The lowest BCUT2D eigenvalue weighted by atomic mass is 9.90. The van der Waals surface area contributed by atoms with E-state index in [9.17, 15) is 14.7 Å². The molecule has 2 heterocycles. The Kier molecular flexibility index (Phi) is 8.90. The topological polar surface area (TPSA) is 107 Å². The van der Waals surface area contributed by atoms with E-state index in [-0.39, 0.29) is 18.6 Å². The van der Waals surface area contributed by atoms with E-state index in [0.717, 1.165) is 30.6 Å². The van der Waals surface area contributed by atoms with Crippen LogP contribution in [-0.4, -0.2) is 56.6 Å². The fraction of sp³-hybridized carbons (Fsp3) is 0.429. The first-order valence-corrected chi connectivity index (χ1v) is 12.7. The molecule has 1 saturated heterocycles. The van der Waals surface area contributed by atoms with Crippen molar-refractivity contribution in [3.8, 4) is 5.75 Å². The van der Waals surface area contributed by atoms with E-state index in [1.807, 2.05) is 35.2 Å². The highest BCUT2D eigenvalue weighted by Gasteiger charge is 2.39. The molecule has 1 N–H and O–H groups in total. The molecule has 2 aromatic carbocycles. The average molecular weight is 507 g/mol. The predicted molar refractivity (Wildman–Crippen MR) is 137 cm³/mol. The maximum Gasteiger partial charge on any atom is 0.338 e. The zero-order valence-electron chi connectivity index (χ0n) is 21.3. The van der Waals surface area contributed by atoms with Crippen molar-refractivity contribution < 1.29 is 24.2 Å². The molecule has 0 spiro atoms. The van der Waals surface area contributed by atoms with Crippen molar-refractivity contribution in [2.24, 2.45) is 0 Å². The van der Waals surface area contributed by atoms with Gasteiger partial charge in [-0.2, -0.15) is 0 Å². The largest absolute Gasteiger partial charge is 0.497 e. The molecule has 0 aliphatic carbocycles. The van der Waals surface area contributed by atoms with Crippen molar-refractivity contribution in [2.45, 2.75) is 63.8 Å². The van der Waals surface area contributed by atoms with Crippen LogP contribution in [-0.2, 0) is 16.1 Å².